The van der Waals surface area contributed by atoms with Crippen molar-refractivity contribution >= 4 is 11.9 Å². The molecule has 0 aromatic carbocycles. The lowest BCUT2D eigenvalue weighted by molar-refractivity contribution is -0.158. The molecule has 2 atom stereocenters. The molecule has 0 spiro atoms. The van der Waals surface area contributed by atoms with Crippen LogP contribution in [0.15, 0.2) is 0 Å². The maximum Gasteiger partial charge on any atom is 0.329 e. The van der Waals surface area contributed by atoms with Gasteiger partial charge in [-0.2, -0.15) is 0 Å². The number of carboxylic acid groups (broad SMARTS) is 1. The van der Waals surface area contributed by atoms with Crippen LogP contribution < -0.4 is 0 Å². The van der Waals surface area contributed by atoms with E-state index in [1.807, 2.05) is 13.8 Å². The summed E-state index contributed by atoms with van der Waals surface area (Å²) in [5, 5.41) is 9.56. The molecule has 4 heteroatoms. The van der Waals surface area contributed by atoms with E-state index in [1.54, 1.807) is 4.90 Å². The number of carbonyl (C=O) groups is 2. The van der Waals surface area contributed by atoms with Gasteiger partial charge in [0.05, 0.1) is 0 Å². The molecule has 1 N–H and O–H groups in total. The Hall–Kier alpha value is -1.06. The minimum Gasteiger partial charge on any atom is -0.479 e. The Morgan fingerprint density at radius 2 is 2.11 bits per heavy atom. The van der Waals surface area contributed by atoms with Gasteiger partial charge in [0.15, 0.2) is 0 Å². The molecule has 1 saturated carbocycles. The van der Waals surface area contributed by atoms with Crippen molar-refractivity contribution in [2.75, 3.05) is 6.54 Å². The van der Waals surface area contributed by atoms with Crippen molar-refractivity contribution in [2.24, 2.45) is 11.8 Å². The zero-order valence-corrected chi connectivity index (χ0v) is 11.3. The van der Waals surface area contributed by atoms with E-state index in [-0.39, 0.29) is 11.8 Å². The van der Waals surface area contributed by atoms with E-state index in [2.05, 4.69) is 0 Å². The quantitative estimate of drug-likeness (QED) is 0.817. The fraction of sp³-hybridized carbons (Fsp3) is 0.857. The third-order valence-electron chi connectivity index (χ3n) is 4.54. The third kappa shape index (κ3) is 2.13. The monoisotopic (exact) mass is 253 g/mol. The number of hydrogen-bond acceptors (Lipinski definition) is 2. The van der Waals surface area contributed by atoms with Crippen molar-refractivity contribution in [1.82, 2.24) is 4.90 Å². The van der Waals surface area contributed by atoms with Crippen LogP contribution in [0.4, 0.5) is 0 Å². The Labute approximate surface area is 108 Å². The number of hydrogen-bond donors (Lipinski definition) is 1. The van der Waals surface area contributed by atoms with E-state index in [0.29, 0.717) is 25.3 Å². The highest BCUT2D eigenvalue weighted by Crippen LogP contribution is 2.41. The molecule has 0 radical (unpaired) electrons. The smallest absolute Gasteiger partial charge is 0.329 e. The predicted octanol–water partition coefficient (Wildman–Crippen LogP) is 2.28. The summed E-state index contributed by atoms with van der Waals surface area (Å²) >= 11 is 0. The number of amides is 1. The number of aliphatic carboxylic acids is 1. The van der Waals surface area contributed by atoms with Gasteiger partial charge in [0, 0.05) is 12.5 Å². The molecule has 1 aliphatic heterocycles. The third-order valence-corrected chi connectivity index (χ3v) is 4.54. The Morgan fingerprint density at radius 3 is 2.61 bits per heavy atom. The van der Waals surface area contributed by atoms with Crippen LogP contribution >= 0.6 is 0 Å². The Kier molecular flexibility index (Phi) is 3.64. The fourth-order valence-electron chi connectivity index (χ4n) is 3.25. The average molecular weight is 253 g/mol. The van der Waals surface area contributed by atoms with Gasteiger partial charge in [0.1, 0.15) is 5.54 Å². The van der Waals surface area contributed by atoms with Gasteiger partial charge in [0.25, 0.3) is 0 Å². The van der Waals surface area contributed by atoms with E-state index >= 15 is 0 Å². The molecule has 2 rings (SSSR count). The summed E-state index contributed by atoms with van der Waals surface area (Å²) in [6.45, 7) is 4.55. The number of nitrogens with zero attached hydrogens (tertiary/aromatic N) is 1. The highest BCUT2D eigenvalue weighted by atomic mass is 16.4. The minimum absolute atomic E-state index is 0.00122. The number of rotatable bonds is 5. The van der Waals surface area contributed by atoms with Crippen molar-refractivity contribution in [2.45, 2.75) is 57.9 Å². The van der Waals surface area contributed by atoms with Crippen molar-refractivity contribution in [3.8, 4) is 0 Å². The molecule has 1 amide bonds. The van der Waals surface area contributed by atoms with Gasteiger partial charge in [-0.25, -0.2) is 4.79 Å². The molecule has 0 bridgehead atoms. The maximum atomic E-state index is 12.5. The largest absolute Gasteiger partial charge is 0.479 e. The van der Waals surface area contributed by atoms with Crippen LogP contribution in [0.25, 0.3) is 0 Å². The second-order valence-corrected chi connectivity index (χ2v) is 5.81. The standard InChI is InChI=1S/C14H23NO3/c1-3-7-14(13(17)18)8-4-9-15(14)12(16)10(2)11-5-6-11/h10-11H,3-9H2,1-2H3,(H,17,18). The first-order valence-electron chi connectivity index (χ1n) is 7.08. The zero-order valence-electron chi connectivity index (χ0n) is 11.3. The fourth-order valence-corrected chi connectivity index (χ4v) is 3.25. The molecule has 0 aromatic rings. The highest BCUT2D eigenvalue weighted by molar-refractivity contribution is 5.89. The second-order valence-electron chi connectivity index (χ2n) is 5.81. The van der Waals surface area contributed by atoms with Gasteiger partial charge in [-0.3, -0.25) is 4.79 Å². The Bertz CT molecular complexity index is 351. The van der Waals surface area contributed by atoms with Crippen LogP contribution in [0.1, 0.15) is 52.4 Å². The van der Waals surface area contributed by atoms with Gasteiger partial charge in [-0.1, -0.05) is 20.3 Å². The van der Waals surface area contributed by atoms with E-state index in [1.165, 1.54) is 0 Å². The lowest BCUT2D eigenvalue weighted by atomic mass is 9.89. The SMILES string of the molecule is CCCC1(C(=O)O)CCCN1C(=O)C(C)C1CC1. The highest BCUT2D eigenvalue weighted by Gasteiger charge is 2.51. The maximum absolute atomic E-state index is 12.5. The van der Waals surface area contributed by atoms with E-state index in [4.69, 9.17) is 0 Å². The van der Waals surface area contributed by atoms with Crippen LogP contribution in [0.2, 0.25) is 0 Å². The summed E-state index contributed by atoms with van der Waals surface area (Å²) in [6.07, 6.45) is 5.04. The topological polar surface area (TPSA) is 57.6 Å². The zero-order chi connectivity index (χ0) is 13.3. The average Bonchev–Trinajstić information content (AvgIpc) is 3.09. The molecular formula is C14H23NO3. The first-order valence-corrected chi connectivity index (χ1v) is 7.08. The van der Waals surface area contributed by atoms with Crippen molar-refractivity contribution < 1.29 is 14.7 Å². The minimum atomic E-state index is -0.922. The normalized spacial score (nSPS) is 29.3. The van der Waals surface area contributed by atoms with Crippen LogP contribution in [-0.4, -0.2) is 34.0 Å². The van der Waals surface area contributed by atoms with E-state index < -0.39 is 11.5 Å². The van der Waals surface area contributed by atoms with Crippen LogP contribution in [-0.2, 0) is 9.59 Å². The predicted molar refractivity (Wildman–Crippen MR) is 68.1 cm³/mol. The van der Waals surface area contributed by atoms with Crippen LogP contribution in [0.3, 0.4) is 0 Å². The van der Waals surface area contributed by atoms with Crippen molar-refractivity contribution in [1.29, 1.82) is 0 Å². The lowest BCUT2D eigenvalue weighted by Gasteiger charge is -2.36. The van der Waals surface area contributed by atoms with Crippen molar-refractivity contribution in [3.05, 3.63) is 0 Å². The van der Waals surface area contributed by atoms with Crippen molar-refractivity contribution in [3.63, 3.8) is 0 Å². The van der Waals surface area contributed by atoms with Gasteiger partial charge < -0.3 is 10.0 Å². The van der Waals surface area contributed by atoms with Gasteiger partial charge in [0.2, 0.25) is 5.91 Å². The molecular weight excluding hydrogens is 230 g/mol. The molecule has 102 valence electrons. The second kappa shape index (κ2) is 4.90. The summed E-state index contributed by atoms with van der Waals surface area (Å²) in [5.41, 5.74) is -0.922. The summed E-state index contributed by atoms with van der Waals surface area (Å²) in [7, 11) is 0. The lowest BCUT2D eigenvalue weighted by Crippen LogP contribution is -2.54. The number of carboxylic acids is 1. The Morgan fingerprint density at radius 1 is 1.44 bits per heavy atom. The molecule has 2 aliphatic rings. The first-order chi connectivity index (χ1) is 8.53. The molecule has 2 unspecified atom stereocenters. The van der Waals surface area contributed by atoms with Crippen LogP contribution in [0.5, 0.6) is 0 Å². The van der Waals surface area contributed by atoms with E-state index in [9.17, 15) is 14.7 Å². The molecule has 2 fully saturated rings. The molecule has 0 aromatic heterocycles. The number of likely N-dealkylation sites (tertiary alicyclic amines) is 1. The van der Waals surface area contributed by atoms with Gasteiger partial charge >= 0.3 is 5.97 Å². The molecule has 18 heavy (non-hydrogen) atoms. The summed E-state index contributed by atoms with van der Waals surface area (Å²) in [5.74, 6) is -0.269. The number of carbonyl (C=O) groups excluding carboxylic acids is 1. The molecule has 4 nitrogen and oxygen atoms in total. The molecule has 1 heterocycles. The first kappa shape index (κ1) is 13.4. The van der Waals surface area contributed by atoms with E-state index in [0.717, 1.165) is 25.7 Å². The summed E-state index contributed by atoms with van der Waals surface area (Å²) in [6, 6.07) is 0. The van der Waals surface area contributed by atoms with Gasteiger partial charge in [-0.15, -0.1) is 0 Å². The molecule has 1 aliphatic carbocycles. The summed E-state index contributed by atoms with van der Waals surface area (Å²) in [4.78, 5) is 25.8. The summed E-state index contributed by atoms with van der Waals surface area (Å²) < 4.78 is 0. The van der Waals surface area contributed by atoms with Gasteiger partial charge in [-0.05, 0) is 38.0 Å². The Balaban J connectivity index is 2.18. The molecule has 1 saturated heterocycles. The van der Waals surface area contributed by atoms with Crippen LogP contribution in [0, 0.1) is 11.8 Å².